The molecule has 0 saturated carbocycles. The molecule has 0 atom stereocenters. The summed E-state index contributed by atoms with van der Waals surface area (Å²) in [5.74, 6) is 1.09. The van der Waals surface area contributed by atoms with Crippen molar-refractivity contribution in [2.75, 3.05) is 25.0 Å². The number of rotatable bonds is 11. The number of aryl methyl sites for hydroxylation is 1. The molecule has 35 heavy (non-hydrogen) atoms. The molecule has 184 valence electrons. The van der Waals surface area contributed by atoms with Crippen molar-refractivity contribution in [2.45, 2.75) is 44.9 Å². The average Bonchev–Trinajstić information content (AvgIpc) is 3.31. The molecule has 3 heterocycles. The van der Waals surface area contributed by atoms with Gasteiger partial charge in [0.1, 0.15) is 5.82 Å². The minimum Gasteiger partial charge on any atom is -0.481 e. The molecule has 0 aliphatic carbocycles. The molecule has 9 nitrogen and oxygen atoms in total. The number of aliphatic carboxylic acids is 1. The first-order valence-electron chi connectivity index (χ1n) is 12.1. The van der Waals surface area contributed by atoms with Crippen molar-refractivity contribution in [3.63, 3.8) is 0 Å². The maximum atomic E-state index is 12.8. The van der Waals surface area contributed by atoms with Gasteiger partial charge in [-0.15, -0.1) is 0 Å². The lowest BCUT2D eigenvalue weighted by Crippen LogP contribution is -2.45. The Balaban J connectivity index is 1.28. The van der Waals surface area contributed by atoms with Crippen LogP contribution < -0.4 is 5.32 Å². The molecular weight excluding hydrogens is 446 g/mol. The van der Waals surface area contributed by atoms with Gasteiger partial charge in [-0.1, -0.05) is 29.4 Å². The number of nitrogens with zero attached hydrogens (tertiary/aromatic N) is 4. The van der Waals surface area contributed by atoms with Crippen LogP contribution in [0.2, 0.25) is 0 Å². The number of hydrogen-bond acceptors (Lipinski definition) is 7. The van der Waals surface area contributed by atoms with Gasteiger partial charge in [0, 0.05) is 44.2 Å². The fourth-order valence-electron chi connectivity index (χ4n) is 4.56. The molecular formula is C26H31N5O4. The Kier molecular flexibility index (Phi) is 8.07. The lowest BCUT2D eigenvalue weighted by molar-refractivity contribution is -0.140. The van der Waals surface area contributed by atoms with Gasteiger partial charge >= 0.3 is 5.97 Å². The Hall–Kier alpha value is -3.75. The molecule has 0 spiro atoms. The number of carbonyl (C=O) groups is 2. The zero-order valence-corrected chi connectivity index (χ0v) is 19.7. The fraction of sp³-hybridized carbons (Fsp3) is 0.423. The van der Waals surface area contributed by atoms with Gasteiger partial charge in [0.15, 0.2) is 5.82 Å². The summed E-state index contributed by atoms with van der Waals surface area (Å²) in [5, 5.41) is 16.9. The minimum absolute atomic E-state index is 0.0112. The molecule has 0 unspecified atom stereocenters. The number of aromatic nitrogens is 3. The molecule has 9 heteroatoms. The number of carboxylic acid groups (broad SMARTS) is 1. The summed E-state index contributed by atoms with van der Waals surface area (Å²) in [6.45, 7) is 1.82. The summed E-state index contributed by atoms with van der Waals surface area (Å²) >= 11 is 0. The highest BCUT2D eigenvalue weighted by atomic mass is 16.5. The van der Waals surface area contributed by atoms with Gasteiger partial charge in [0.25, 0.3) is 5.91 Å². The van der Waals surface area contributed by atoms with E-state index in [2.05, 4.69) is 20.4 Å². The van der Waals surface area contributed by atoms with E-state index in [1.807, 2.05) is 36.4 Å². The second-order valence-corrected chi connectivity index (χ2v) is 9.11. The second kappa shape index (κ2) is 11.6. The number of piperidine rings is 1. The number of pyridine rings is 1. The van der Waals surface area contributed by atoms with Gasteiger partial charge in [-0.3, -0.25) is 9.59 Å². The Morgan fingerprint density at radius 3 is 2.54 bits per heavy atom. The van der Waals surface area contributed by atoms with Gasteiger partial charge in [-0.2, -0.15) is 4.98 Å². The number of anilines is 1. The van der Waals surface area contributed by atoms with E-state index >= 15 is 0 Å². The van der Waals surface area contributed by atoms with E-state index < -0.39 is 11.4 Å². The molecule has 1 fully saturated rings. The van der Waals surface area contributed by atoms with E-state index in [4.69, 9.17) is 4.52 Å². The largest absolute Gasteiger partial charge is 0.481 e. The van der Waals surface area contributed by atoms with Crippen LogP contribution in [0.25, 0.3) is 0 Å². The van der Waals surface area contributed by atoms with E-state index in [9.17, 15) is 14.7 Å². The first-order valence-corrected chi connectivity index (χ1v) is 12.1. The Labute approximate surface area is 204 Å². The van der Waals surface area contributed by atoms with Gasteiger partial charge in [0.2, 0.25) is 5.89 Å². The van der Waals surface area contributed by atoms with Gasteiger partial charge in [-0.25, -0.2) is 4.98 Å². The first kappa shape index (κ1) is 24.4. The van der Waals surface area contributed by atoms with Gasteiger partial charge in [0.05, 0.1) is 6.42 Å². The highest BCUT2D eigenvalue weighted by Crippen LogP contribution is 2.38. The number of hydrogen-bond donors (Lipinski definition) is 2. The third-order valence-corrected chi connectivity index (χ3v) is 6.49. The summed E-state index contributed by atoms with van der Waals surface area (Å²) in [7, 11) is 0. The van der Waals surface area contributed by atoms with E-state index in [-0.39, 0.29) is 12.3 Å². The molecule has 3 aromatic rings. The quantitative estimate of drug-likeness (QED) is 0.400. The van der Waals surface area contributed by atoms with Crippen molar-refractivity contribution in [3.05, 3.63) is 72.0 Å². The monoisotopic (exact) mass is 477 g/mol. The van der Waals surface area contributed by atoms with Gasteiger partial charge < -0.3 is 19.8 Å². The highest BCUT2D eigenvalue weighted by molar-refractivity contribution is 5.94. The number of carbonyl (C=O) groups excluding carboxylic acids is 1. The summed E-state index contributed by atoms with van der Waals surface area (Å²) in [5.41, 5.74) is 0.144. The van der Waals surface area contributed by atoms with Crippen LogP contribution in [0.15, 0.2) is 59.3 Å². The van der Waals surface area contributed by atoms with Crippen LogP contribution in [-0.2, 0) is 17.6 Å². The normalized spacial score (nSPS) is 15.0. The van der Waals surface area contributed by atoms with Crippen LogP contribution in [0.1, 0.15) is 54.2 Å². The van der Waals surface area contributed by atoms with Gasteiger partial charge in [-0.05, 0) is 55.4 Å². The number of benzene rings is 1. The summed E-state index contributed by atoms with van der Waals surface area (Å²) < 4.78 is 5.48. The lowest BCUT2D eigenvalue weighted by Gasteiger charge is -2.40. The number of unbranched alkanes of at least 4 members (excludes halogenated alkanes) is 1. The van der Waals surface area contributed by atoms with Crippen LogP contribution in [0.4, 0.5) is 5.82 Å². The molecule has 4 rings (SSSR count). The Bertz CT molecular complexity index is 1100. The molecule has 1 saturated heterocycles. The summed E-state index contributed by atoms with van der Waals surface area (Å²) in [6, 6.07) is 14.9. The molecule has 1 aliphatic rings. The Morgan fingerprint density at radius 1 is 1.06 bits per heavy atom. The van der Waals surface area contributed by atoms with Crippen LogP contribution in [0.5, 0.6) is 0 Å². The zero-order chi connectivity index (χ0) is 24.5. The molecule has 2 N–H and O–H groups in total. The maximum absolute atomic E-state index is 12.8. The molecule has 0 radical (unpaired) electrons. The van der Waals surface area contributed by atoms with Crippen molar-refractivity contribution in [1.82, 2.24) is 20.0 Å². The predicted octanol–water partition coefficient (Wildman–Crippen LogP) is 3.84. The third-order valence-electron chi connectivity index (χ3n) is 6.49. The van der Waals surface area contributed by atoms with E-state index in [0.29, 0.717) is 56.1 Å². The fourth-order valence-corrected chi connectivity index (χ4v) is 4.56. The van der Waals surface area contributed by atoms with Crippen LogP contribution in [0.3, 0.4) is 0 Å². The number of likely N-dealkylation sites (tertiary alicyclic amines) is 1. The molecule has 0 bridgehead atoms. The molecule has 1 aromatic carbocycles. The van der Waals surface area contributed by atoms with E-state index in [1.54, 1.807) is 23.2 Å². The minimum atomic E-state index is -0.854. The average molecular weight is 478 g/mol. The van der Waals surface area contributed by atoms with Crippen molar-refractivity contribution in [2.24, 2.45) is 5.41 Å². The maximum Gasteiger partial charge on any atom is 0.303 e. The van der Waals surface area contributed by atoms with Crippen LogP contribution in [-0.4, -0.2) is 56.6 Å². The van der Waals surface area contributed by atoms with Crippen molar-refractivity contribution in [1.29, 1.82) is 0 Å². The topological polar surface area (TPSA) is 121 Å². The predicted molar refractivity (Wildman–Crippen MR) is 130 cm³/mol. The Morgan fingerprint density at radius 2 is 1.83 bits per heavy atom. The van der Waals surface area contributed by atoms with Crippen LogP contribution in [0, 0.1) is 5.41 Å². The van der Waals surface area contributed by atoms with Crippen molar-refractivity contribution < 1.29 is 19.2 Å². The van der Waals surface area contributed by atoms with Crippen molar-refractivity contribution in [3.8, 4) is 0 Å². The zero-order valence-electron chi connectivity index (χ0n) is 19.7. The summed E-state index contributed by atoms with van der Waals surface area (Å²) in [6.07, 6.45) is 5.86. The smallest absolute Gasteiger partial charge is 0.303 e. The molecule has 2 aromatic heterocycles. The lowest BCUT2D eigenvalue weighted by atomic mass is 9.73. The third kappa shape index (κ3) is 6.88. The first-order chi connectivity index (χ1) is 17.0. The molecule has 1 aliphatic heterocycles. The number of carboxylic acids is 1. The SMILES string of the molecule is O=C(O)CC1(Cc2nc(CCCCNc3ccccn3)no2)CCN(C(=O)c2ccccc2)CC1. The molecule has 1 amide bonds. The highest BCUT2D eigenvalue weighted by Gasteiger charge is 2.39. The summed E-state index contributed by atoms with van der Waals surface area (Å²) in [4.78, 5) is 35.0. The standard InChI is InChI=1S/C26H31N5O4/c32-24(33)19-26(12-16-31(17-13-26)25(34)20-8-2-1-3-9-20)18-23-29-22(30-35-23)11-5-7-15-28-21-10-4-6-14-27-21/h1-4,6,8-10,14H,5,7,11-13,15-19H2,(H,27,28)(H,32,33). The number of nitrogens with one attached hydrogen (secondary N) is 1. The van der Waals surface area contributed by atoms with E-state index in [1.165, 1.54) is 0 Å². The van der Waals surface area contributed by atoms with E-state index in [0.717, 1.165) is 25.2 Å². The van der Waals surface area contributed by atoms with Crippen LogP contribution >= 0.6 is 0 Å². The van der Waals surface area contributed by atoms with Crippen molar-refractivity contribution >= 4 is 17.7 Å². The number of amides is 1. The second-order valence-electron chi connectivity index (χ2n) is 9.11.